The van der Waals surface area contributed by atoms with E-state index in [9.17, 15) is 4.79 Å². The molecule has 1 amide bonds. The highest BCUT2D eigenvalue weighted by Crippen LogP contribution is 2.28. The van der Waals surface area contributed by atoms with E-state index >= 15 is 0 Å². The van der Waals surface area contributed by atoms with Crippen LogP contribution in [0.25, 0.3) is 0 Å². The van der Waals surface area contributed by atoms with Crippen molar-refractivity contribution in [2.75, 3.05) is 0 Å². The van der Waals surface area contributed by atoms with E-state index in [1.807, 2.05) is 55.5 Å². The molecule has 0 saturated carbocycles. The number of benzene rings is 2. The second-order valence-electron chi connectivity index (χ2n) is 5.20. The van der Waals surface area contributed by atoms with E-state index in [2.05, 4.69) is 5.32 Å². The molecule has 0 bridgehead atoms. The number of rotatable bonds is 3. The Morgan fingerprint density at radius 1 is 1.29 bits per heavy atom. The second kappa shape index (κ2) is 5.78. The number of nitrogens with one attached hydrogen (secondary N) is 1. The molecule has 2 aromatic carbocycles. The largest absolute Gasteiger partial charge is 0.480 e. The van der Waals surface area contributed by atoms with Gasteiger partial charge in [-0.2, -0.15) is 0 Å². The van der Waals surface area contributed by atoms with Crippen LogP contribution in [0.4, 0.5) is 0 Å². The Bertz CT molecular complexity index is 646. The van der Waals surface area contributed by atoms with Crippen LogP contribution in [-0.2, 0) is 11.2 Å². The van der Waals surface area contributed by atoms with Crippen molar-refractivity contribution in [3.05, 3.63) is 64.7 Å². The van der Waals surface area contributed by atoms with Crippen molar-refractivity contribution < 1.29 is 9.53 Å². The Balaban J connectivity index is 1.65. The summed E-state index contributed by atoms with van der Waals surface area (Å²) in [6.45, 7) is 1.94. The van der Waals surface area contributed by atoms with Gasteiger partial charge in [-0.25, -0.2) is 0 Å². The third-order valence-electron chi connectivity index (χ3n) is 3.65. The number of para-hydroxylation sites is 1. The number of amides is 1. The number of hydrogen-bond acceptors (Lipinski definition) is 2. The molecule has 2 aromatic rings. The van der Waals surface area contributed by atoms with Gasteiger partial charge in [-0.3, -0.25) is 4.79 Å². The lowest BCUT2D eigenvalue weighted by Crippen LogP contribution is -2.38. The van der Waals surface area contributed by atoms with E-state index in [4.69, 9.17) is 16.3 Å². The number of halogens is 1. The molecule has 0 spiro atoms. The zero-order valence-corrected chi connectivity index (χ0v) is 12.4. The molecular weight excluding hydrogens is 286 g/mol. The maximum atomic E-state index is 12.3. The molecule has 1 aliphatic rings. The minimum Gasteiger partial charge on any atom is -0.480 e. The molecule has 1 aliphatic heterocycles. The summed E-state index contributed by atoms with van der Waals surface area (Å²) in [5, 5.41) is 3.64. The third-order valence-corrected chi connectivity index (χ3v) is 3.88. The monoisotopic (exact) mass is 301 g/mol. The van der Waals surface area contributed by atoms with Gasteiger partial charge in [0.15, 0.2) is 6.10 Å². The smallest absolute Gasteiger partial charge is 0.261 e. The minimum absolute atomic E-state index is 0.0984. The molecule has 0 aromatic heterocycles. The lowest BCUT2D eigenvalue weighted by molar-refractivity contribution is -0.127. The molecule has 0 radical (unpaired) electrons. The van der Waals surface area contributed by atoms with Crippen LogP contribution >= 0.6 is 11.6 Å². The molecular formula is C17H16ClNO2. The molecule has 0 aliphatic carbocycles. The minimum atomic E-state index is -0.455. The number of carbonyl (C=O) groups excluding carboxylic acids is 1. The van der Waals surface area contributed by atoms with Crippen molar-refractivity contribution in [2.45, 2.75) is 25.5 Å². The SMILES string of the molecule is C[C@H](NC(=O)[C@@H]1Cc2ccccc2O1)c1cccc(Cl)c1. The summed E-state index contributed by atoms with van der Waals surface area (Å²) in [6, 6.07) is 15.1. The van der Waals surface area contributed by atoms with Gasteiger partial charge in [0.1, 0.15) is 5.75 Å². The lowest BCUT2D eigenvalue weighted by Gasteiger charge is -2.17. The molecule has 1 N–H and O–H groups in total. The molecule has 21 heavy (non-hydrogen) atoms. The van der Waals surface area contributed by atoms with Gasteiger partial charge in [-0.15, -0.1) is 0 Å². The summed E-state index contributed by atoms with van der Waals surface area (Å²) in [6.07, 6.45) is 0.161. The highest BCUT2D eigenvalue weighted by atomic mass is 35.5. The van der Waals surface area contributed by atoms with Crippen LogP contribution in [0, 0.1) is 0 Å². The van der Waals surface area contributed by atoms with Gasteiger partial charge in [-0.1, -0.05) is 41.9 Å². The second-order valence-corrected chi connectivity index (χ2v) is 5.64. The Labute approximate surface area is 128 Å². The van der Waals surface area contributed by atoms with E-state index in [-0.39, 0.29) is 11.9 Å². The van der Waals surface area contributed by atoms with Gasteiger partial charge >= 0.3 is 0 Å². The van der Waals surface area contributed by atoms with Crippen LogP contribution in [0.1, 0.15) is 24.1 Å². The quantitative estimate of drug-likeness (QED) is 0.942. The number of fused-ring (bicyclic) bond motifs is 1. The van der Waals surface area contributed by atoms with Gasteiger partial charge in [-0.05, 0) is 36.2 Å². The summed E-state index contributed by atoms with van der Waals surface area (Å²) < 4.78 is 5.69. The normalized spacial score (nSPS) is 17.7. The molecule has 2 atom stereocenters. The highest BCUT2D eigenvalue weighted by Gasteiger charge is 2.29. The fourth-order valence-corrected chi connectivity index (χ4v) is 2.69. The fourth-order valence-electron chi connectivity index (χ4n) is 2.49. The van der Waals surface area contributed by atoms with E-state index in [0.29, 0.717) is 11.4 Å². The molecule has 3 rings (SSSR count). The van der Waals surface area contributed by atoms with Crippen molar-refractivity contribution >= 4 is 17.5 Å². The summed E-state index contributed by atoms with van der Waals surface area (Å²) in [5.74, 6) is 0.701. The van der Waals surface area contributed by atoms with E-state index < -0.39 is 6.10 Å². The molecule has 108 valence electrons. The topological polar surface area (TPSA) is 38.3 Å². The van der Waals surface area contributed by atoms with E-state index in [0.717, 1.165) is 16.9 Å². The molecule has 4 heteroatoms. The summed E-state index contributed by atoms with van der Waals surface area (Å²) >= 11 is 5.98. The standard InChI is InChI=1S/C17H16ClNO2/c1-11(12-6-4-7-14(18)9-12)19-17(20)16-10-13-5-2-3-8-15(13)21-16/h2-9,11,16H,10H2,1H3,(H,19,20)/t11-,16-/m0/s1. The Morgan fingerprint density at radius 3 is 2.86 bits per heavy atom. The molecule has 0 fully saturated rings. The first-order valence-electron chi connectivity index (χ1n) is 6.94. The molecule has 0 unspecified atom stereocenters. The van der Waals surface area contributed by atoms with E-state index in [1.165, 1.54) is 0 Å². The van der Waals surface area contributed by atoms with Crippen molar-refractivity contribution in [2.24, 2.45) is 0 Å². The van der Waals surface area contributed by atoms with Gasteiger partial charge in [0.25, 0.3) is 5.91 Å². The predicted molar refractivity (Wildman–Crippen MR) is 82.6 cm³/mol. The first-order chi connectivity index (χ1) is 10.1. The lowest BCUT2D eigenvalue weighted by atomic mass is 10.1. The summed E-state index contributed by atoms with van der Waals surface area (Å²) in [7, 11) is 0. The fraction of sp³-hybridized carbons (Fsp3) is 0.235. The zero-order valence-electron chi connectivity index (χ0n) is 11.7. The van der Waals surface area contributed by atoms with Crippen molar-refractivity contribution in [3.63, 3.8) is 0 Å². The van der Waals surface area contributed by atoms with Crippen molar-refractivity contribution in [1.82, 2.24) is 5.32 Å². The van der Waals surface area contributed by atoms with Gasteiger partial charge in [0.05, 0.1) is 6.04 Å². The Kier molecular flexibility index (Phi) is 3.84. The summed E-state index contributed by atoms with van der Waals surface area (Å²) in [5.41, 5.74) is 2.06. The van der Waals surface area contributed by atoms with Crippen LogP contribution in [0.3, 0.4) is 0 Å². The summed E-state index contributed by atoms with van der Waals surface area (Å²) in [4.78, 5) is 12.3. The van der Waals surface area contributed by atoms with Crippen LogP contribution in [0.2, 0.25) is 5.02 Å². The van der Waals surface area contributed by atoms with Crippen LogP contribution in [0.5, 0.6) is 5.75 Å². The molecule has 0 saturated heterocycles. The van der Waals surface area contributed by atoms with Crippen LogP contribution in [-0.4, -0.2) is 12.0 Å². The average molecular weight is 302 g/mol. The average Bonchev–Trinajstić information content (AvgIpc) is 2.91. The number of hydrogen-bond donors (Lipinski definition) is 1. The number of ether oxygens (including phenoxy) is 1. The van der Waals surface area contributed by atoms with Crippen molar-refractivity contribution in [1.29, 1.82) is 0 Å². The first-order valence-corrected chi connectivity index (χ1v) is 7.31. The van der Waals surface area contributed by atoms with Crippen LogP contribution < -0.4 is 10.1 Å². The van der Waals surface area contributed by atoms with Crippen molar-refractivity contribution in [3.8, 4) is 5.75 Å². The third kappa shape index (κ3) is 3.03. The van der Waals surface area contributed by atoms with Crippen LogP contribution in [0.15, 0.2) is 48.5 Å². The Morgan fingerprint density at radius 2 is 2.10 bits per heavy atom. The van der Waals surface area contributed by atoms with Gasteiger partial charge in [0.2, 0.25) is 0 Å². The highest BCUT2D eigenvalue weighted by molar-refractivity contribution is 6.30. The zero-order chi connectivity index (χ0) is 14.8. The predicted octanol–water partition coefficient (Wildman–Crippen LogP) is 3.52. The van der Waals surface area contributed by atoms with Gasteiger partial charge < -0.3 is 10.1 Å². The maximum Gasteiger partial charge on any atom is 0.261 e. The molecule has 1 heterocycles. The first kappa shape index (κ1) is 14.0. The number of carbonyl (C=O) groups is 1. The molecule has 3 nitrogen and oxygen atoms in total. The van der Waals surface area contributed by atoms with E-state index in [1.54, 1.807) is 0 Å². The maximum absolute atomic E-state index is 12.3. The Hall–Kier alpha value is -2.00. The van der Waals surface area contributed by atoms with Gasteiger partial charge in [0, 0.05) is 11.4 Å².